The van der Waals surface area contributed by atoms with E-state index >= 15 is 0 Å². The van der Waals surface area contributed by atoms with E-state index in [1.165, 1.54) is 12.2 Å². The number of benzene rings is 1. The van der Waals surface area contributed by atoms with Gasteiger partial charge in [0, 0.05) is 11.8 Å². The summed E-state index contributed by atoms with van der Waals surface area (Å²) in [6.07, 6.45) is 3.12. The molecule has 0 aromatic heterocycles. The highest BCUT2D eigenvalue weighted by atomic mass is 19.2. The van der Waals surface area contributed by atoms with Crippen LogP contribution >= 0.6 is 0 Å². The summed E-state index contributed by atoms with van der Waals surface area (Å²) in [6, 6.07) is 0. The maximum Gasteiger partial charge on any atom is 0.327 e. The van der Waals surface area contributed by atoms with Gasteiger partial charge < -0.3 is 14.2 Å². The lowest BCUT2D eigenvalue weighted by atomic mass is 9.69. The number of fused-ring (bicyclic) bond motifs is 1. The Morgan fingerprint density at radius 3 is 1.88 bits per heavy atom. The van der Waals surface area contributed by atoms with Gasteiger partial charge in [0.1, 0.15) is 6.10 Å². The quantitative estimate of drug-likeness (QED) is 0.164. The van der Waals surface area contributed by atoms with E-state index in [-0.39, 0.29) is 12.3 Å². The van der Waals surface area contributed by atoms with E-state index in [2.05, 4.69) is 0 Å². The number of allylic oxidation sites excluding steroid dienone is 2. The Morgan fingerprint density at radius 1 is 0.906 bits per heavy atom. The zero-order valence-electron chi connectivity index (χ0n) is 17.7. The molecule has 3 atom stereocenters. The molecule has 0 unspecified atom stereocenters. The van der Waals surface area contributed by atoms with Crippen molar-refractivity contribution in [3.8, 4) is 5.75 Å². The smallest absolute Gasteiger partial charge is 0.327 e. The third kappa shape index (κ3) is 3.45. The van der Waals surface area contributed by atoms with Crippen molar-refractivity contribution in [2.75, 3.05) is 14.2 Å². The van der Waals surface area contributed by atoms with Crippen LogP contribution in [0, 0.1) is 52.3 Å². The third-order valence-electron chi connectivity index (χ3n) is 5.97. The molecule has 32 heavy (non-hydrogen) atoms. The van der Waals surface area contributed by atoms with Gasteiger partial charge in [-0.2, -0.15) is 8.78 Å². The number of halogens is 5. The first-order valence-corrected chi connectivity index (χ1v) is 9.77. The van der Waals surface area contributed by atoms with Crippen LogP contribution in [0.25, 0.3) is 0 Å². The van der Waals surface area contributed by atoms with Gasteiger partial charge in [0.25, 0.3) is 0 Å². The molecule has 0 saturated carbocycles. The summed E-state index contributed by atoms with van der Waals surface area (Å²) in [5, 5.41) is 0. The van der Waals surface area contributed by atoms with E-state index in [9.17, 15) is 31.5 Å². The van der Waals surface area contributed by atoms with Crippen LogP contribution in [0.5, 0.6) is 5.75 Å². The van der Waals surface area contributed by atoms with Crippen LogP contribution in [0.3, 0.4) is 0 Å². The second-order valence-electron chi connectivity index (χ2n) is 7.96. The molecule has 1 aromatic carbocycles. The van der Waals surface area contributed by atoms with Crippen molar-refractivity contribution in [3.63, 3.8) is 0 Å². The van der Waals surface area contributed by atoms with Crippen LogP contribution in [0.2, 0.25) is 0 Å². The van der Waals surface area contributed by atoms with Crippen molar-refractivity contribution >= 4 is 11.9 Å². The second-order valence-corrected chi connectivity index (χ2v) is 7.96. The molecule has 0 amide bonds. The first-order chi connectivity index (χ1) is 15.0. The summed E-state index contributed by atoms with van der Waals surface area (Å²) in [4.78, 5) is 25.5. The molecule has 0 spiro atoms. The lowest BCUT2D eigenvalue weighted by Crippen LogP contribution is -2.47. The molecule has 0 saturated heterocycles. The topological polar surface area (TPSA) is 61.8 Å². The molecule has 2 aliphatic rings. The van der Waals surface area contributed by atoms with E-state index < -0.39 is 70.1 Å². The lowest BCUT2D eigenvalue weighted by Gasteiger charge is -2.36. The Morgan fingerprint density at radius 2 is 1.41 bits per heavy atom. The first-order valence-electron chi connectivity index (χ1n) is 9.77. The molecule has 5 nitrogen and oxygen atoms in total. The number of hydrogen-bond acceptors (Lipinski definition) is 5. The van der Waals surface area contributed by atoms with Crippen LogP contribution in [0.15, 0.2) is 23.8 Å². The number of methoxy groups -OCH3 is 2. The van der Waals surface area contributed by atoms with Gasteiger partial charge in [-0.1, -0.05) is 31.6 Å². The minimum atomic E-state index is -2.30. The second kappa shape index (κ2) is 8.55. The average Bonchev–Trinajstić information content (AvgIpc) is 3.14. The molecule has 174 valence electrons. The number of carbonyl (C=O) groups excluding carboxylic acids is 2. The number of ether oxygens (including phenoxy) is 3. The fraction of sp³-hybridized carbons (Fsp3) is 0.455. The van der Waals surface area contributed by atoms with E-state index in [1.54, 1.807) is 6.08 Å². The monoisotopic (exact) mass is 460 g/mol. The van der Waals surface area contributed by atoms with Crippen LogP contribution < -0.4 is 4.74 Å². The largest absolute Gasteiger partial charge is 0.480 e. The Kier molecular flexibility index (Phi) is 6.35. The summed E-state index contributed by atoms with van der Waals surface area (Å²) >= 11 is 0. The van der Waals surface area contributed by atoms with Crippen molar-refractivity contribution in [1.29, 1.82) is 0 Å². The average molecular weight is 460 g/mol. The van der Waals surface area contributed by atoms with Crippen molar-refractivity contribution in [3.05, 3.63) is 52.9 Å². The van der Waals surface area contributed by atoms with Crippen molar-refractivity contribution in [2.24, 2.45) is 23.2 Å². The fourth-order valence-electron chi connectivity index (χ4n) is 4.45. The van der Waals surface area contributed by atoms with Crippen molar-refractivity contribution in [1.82, 2.24) is 0 Å². The summed E-state index contributed by atoms with van der Waals surface area (Å²) in [5.41, 5.74) is -1.10. The minimum absolute atomic E-state index is 0.0732. The molecule has 0 N–H and O–H groups in total. The molecule has 1 aromatic rings. The van der Waals surface area contributed by atoms with E-state index in [1.807, 2.05) is 13.8 Å². The van der Waals surface area contributed by atoms with E-state index in [4.69, 9.17) is 14.2 Å². The molecule has 0 fully saturated rings. The predicted octanol–water partition coefficient (Wildman–Crippen LogP) is 4.25. The highest BCUT2D eigenvalue weighted by molar-refractivity contribution is 6.03. The van der Waals surface area contributed by atoms with Gasteiger partial charge in [0.15, 0.2) is 11.2 Å². The van der Waals surface area contributed by atoms with Gasteiger partial charge in [0.2, 0.25) is 29.1 Å². The molecule has 0 heterocycles. The molecule has 0 bridgehead atoms. The maximum absolute atomic E-state index is 14.1. The lowest BCUT2D eigenvalue weighted by molar-refractivity contribution is -0.169. The number of carbonyl (C=O) groups is 2. The molecule has 10 heteroatoms. The SMILES string of the molecule is COC(=O)C1(C(=O)OC)C=C(C(C)C)[C@H]2C=C[C@H](Oc3c(F)c(F)c(F)c(F)c3F)C[C@H]21. The van der Waals surface area contributed by atoms with Crippen LogP contribution in [-0.2, 0) is 19.1 Å². The van der Waals surface area contributed by atoms with Crippen LogP contribution in [-0.4, -0.2) is 32.3 Å². The maximum atomic E-state index is 14.1. The summed E-state index contributed by atoms with van der Waals surface area (Å²) in [5.74, 6) is -15.3. The molecule has 3 rings (SSSR count). The van der Waals surface area contributed by atoms with Crippen LogP contribution in [0.4, 0.5) is 22.0 Å². The zero-order chi connectivity index (χ0) is 24.0. The van der Waals surface area contributed by atoms with E-state index in [0.29, 0.717) is 0 Å². The van der Waals surface area contributed by atoms with Gasteiger partial charge in [-0.15, -0.1) is 0 Å². The third-order valence-corrected chi connectivity index (χ3v) is 5.97. The van der Waals surface area contributed by atoms with E-state index in [0.717, 1.165) is 19.8 Å². The number of esters is 2. The molecular weight excluding hydrogens is 439 g/mol. The normalized spacial score (nSPS) is 23.6. The highest BCUT2D eigenvalue weighted by Crippen LogP contribution is 2.54. The number of hydrogen-bond donors (Lipinski definition) is 0. The standard InChI is InChI=1S/C22H21F5O5/c1-9(2)12-8-22(20(28)30-3,21(29)31-4)13-7-10(5-6-11(12)13)32-19-17(26)15(24)14(23)16(25)18(19)27/h5-6,8-11,13H,7H2,1-4H3/t10-,11+,13+/m0/s1. The Bertz CT molecular complexity index is 971. The van der Waals surface area contributed by atoms with Gasteiger partial charge in [-0.3, -0.25) is 9.59 Å². The Balaban J connectivity index is 2.05. The van der Waals surface area contributed by atoms with Crippen molar-refractivity contribution in [2.45, 2.75) is 26.4 Å². The Hall–Kier alpha value is -2.91. The first kappa shape index (κ1) is 23.7. The minimum Gasteiger partial charge on any atom is -0.480 e. The Labute approximate surface area is 180 Å². The predicted molar refractivity (Wildman–Crippen MR) is 101 cm³/mol. The number of rotatable bonds is 5. The summed E-state index contributed by atoms with van der Waals surface area (Å²) in [6.45, 7) is 3.72. The van der Waals surface area contributed by atoms with Gasteiger partial charge >= 0.3 is 11.9 Å². The van der Waals surface area contributed by atoms with Gasteiger partial charge in [-0.05, 0) is 18.4 Å². The summed E-state index contributed by atoms with van der Waals surface area (Å²) in [7, 11) is 2.20. The molecule has 0 aliphatic heterocycles. The van der Waals surface area contributed by atoms with Gasteiger partial charge in [-0.25, -0.2) is 13.2 Å². The molecule has 2 aliphatic carbocycles. The van der Waals surface area contributed by atoms with Crippen molar-refractivity contribution < 1.29 is 45.8 Å². The fourth-order valence-corrected chi connectivity index (χ4v) is 4.45. The zero-order valence-corrected chi connectivity index (χ0v) is 17.7. The molecule has 0 radical (unpaired) electrons. The van der Waals surface area contributed by atoms with Crippen LogP contribution in [0.1, 0.15) is 20.3 Å². The summed E-state index contributed by atoms with van der Waals surface area (Å²) < 4.78 is 83.5. The van der Waals surface area contributed by atoms with Gasteiger partial charge in [0.05, 0.1) is 14.2 Å². The molecular formula is C22H21F5O5. The highest BCUT2D eigenvalue weighted by Gasteiger charge is 2.60.